The lowest BCUT2D eigenvalue weighted by Gasteiger charge is -2.45. The third kappa shape index (κ3) is 5.02. The van der Waals surface area contributed by atoms with E-state index in [0.717, 1.165) is 0 Å². The molecule has 1 heterocycles. The highest BCUT2D eigenvalue weighted by molar-refractivity contribution is 6.69. The van der Waals surface area contributed by atoms with E-state index in [2.05, 4.69) is 51.9 Å². The van der Waals surface area contributed by atoms with Gasteiger partial charge in [0.25, 0.3) is 0 Å². The van der Waals surface area contributed by atoms with E-state index < -0.39 is 17.4 Å². The number of β-lactam (4-membered cyclic amide) rings is 1. The summed E-state index contributed by atoms with van der Waals surface area (Å²) < 4.78 is 11.9. The van der Waals surface area contributed by atoms with Crippen LogP contribution in [0.4, 0.5) is 0 Å². The lowest BCUT2D eigenvalue weighted by molar-refractivity contribution is -0.152. The summed E-state index contributed by atoms with van der Waals surface area (Å²) in [4.78, 5) is 11.9. The lowest BCUT2D eigenvalue weighted by Crippen LogP contribution is -2.65. The van der Waals surface area contributed by atoms with Gasteiger partial charge in [-0.05, 0) is 44.6 Å². The molecule has 111 valence electrons. The summed E-state index contributed by atoms with van der Waals surface area (Å²) in [7, 11) is -2.35. The number of hydrogen-bond donors (Lipinski definition) is 1. The fraction of sp³-hybridized carbons (Fsp3) is 0.923. The summed E-state index contributed by atoms with van der Waals surface area (Å²) in [5.41, 5.74) is 0. The molecule has 1 N–H and O–H groups in total. The van der Waals surface area contributed by atoms with Gasteiger partial charge in [0.2, 0.25) is 14.9 Å². The van der Waals surface area contributed by atoms with Gasteiger partial charge in [-0.1, -0.05) is 13.8 Å². The average Bonchev–Trinajstić information content (AvgIpc) is 2.20. The Labute approximate surface area is 120 Å². The van der Waals surface area contributed by atoms with Crippen molar-refractivity contribution in [1.82, 2.24) is 5.32 Å². The Hall–Kier alpha value is -0.176. The van der Waals surface area contributed by atoms with Crippen molar-refractivity contribution < 1.29 is 13.6 Å². The van der Waals surface area contributed by atoms with E-state index in [4.69, 9.17) is 8.85 Å². The fourth-order valence-electron chi connectivity index (χ4n) is 2.24. The van der Waals surface area contributed by atoms with Crippen LogP contribution in [0.3, 0.4) is 0 Å². The maximum absolute atomic E-state index is 11.9. The van der Waals surface area contributed by atoms with Crippen LogP contribution in [0.5, 0.6) is 0 Å². The molecule has 1 rings (SSSR count). The first-order valence-electron chi connectivity index (χ1n) is 7.03. The monoisotopic (exact) mass is 302 g/mol. The van der Waals surface area contributed by atoms with Gasteiger partial charge in [-0.2, -0.15) is 0 Å². The Morgan fingerprint density at radius 1 is 1.32 bits per heavy atom. The van der Waals surface area contributed by atoms with E-state index in [1.165, 1.54) is 0 Å². The molecule has 4 nitrogen and oxygen atoms in total. The van der Waals surface area contributed by atoms with Crippen molar-refractivity contribution in [2.75, 3.05) is 6.61 Å². The predicted octanol–water partition coefficient (Wildman–Crippen LogP) is 2.45. The summed E-state index contributed by atoms with van der Waals surface area (Å²) in [6.07, 6.45) is -0.112. The number of carbonyl (C=O) groups is 1. The van der Waals surface area contributed by atoms with E-state index in [9.17, 15) is 4.79 Å². The van der Waals surface area contributed by atoms with Crippen molar-refractivity contribution in [2.45, 2.75) is 52.8 Å². The molecule has 1 aliphatic rings. The van der Waals surface area contributed by atoms with Crippen LogP contribution < -0.4 is 5.32 Å². The number of amides is 1. The number of carbonyl (C=O) groups excluding carboxylic acids is 1. The van der Waals surface area contributed by atoms with Crippen LogP contribution in [0, 0.1) is 17.8 Å². The Kier molecular flexibility index (Phi) is 5.79. The number of hydrogen-bond acceptors (Lipinski definition) is 3. The largest absolute Gasteiger partial charge is 0.417 e. The first-order chi connectivity index (χ1) is 8.61. The van der Waals surface area contributed by atoms with Crippen molar-refractivity contribution in [3.63, 3.8) is 0 Å². The van der Waals surface area contributed by atoms with Gasteiger partial charge in [-0.25, -0.2) is 0 Å². The molecule has 3 atom stereocenters. The number of rotatable bonds is 7. The summed E-state index contributed by atoms with van der Waals surface area (Å²) in [5.74, 6) is 0.736. The van der Waals surface area contributed by atoms with Gasteiger partial charge in [-0.3, -0.25) is 4.79 Å². The van der Waals surface area contributed by atoms with Crippen LogP contribution in [-0.4, -0.2) is 36.1 Å². The second-order valence-corrected chi connectivity index (χ2v) is 13.4. The van der Waals surface area contributed by atoms with Gasteiger partial charge >= 0.3 is 0 Å². The fourth-order valence-corrected chi connectivity index (χ4v) is 3.74. The summed E-state index contributed by atoms with van der Waals surface area (Å²) in [6.45, 7) is 15.7. The molecule has 0 saturated carbocycles. The van der Waals surface area contributed by atoms with E-state index in [0.29, 0.717) is 12.5 Å². The van der Waals surface area contributed by atoms with Gasteiger partial charge in [-0.15, -0.1) is 0 Å². The van der Waals surface area contributed by atoms with Crippen molar-refractivity contribution >= 4 is 23.3 Å². The third-order valence-electron chi connectivity index (χ3n) is 3.28. The standard InChI is InChI=1S/C13H28NO3Si2/c1-9(2)10(8-16-18(3)4)11-12(15)14-13(11)17-19(5,6)7/h9-11,13H,8H2,1-7H3,(H,14,15)/t10-,11?,13?/m1/s1. The molecule has 1 amide bonds. The van der Waals surface area contributed by atoms with Gasteiger partial charge < -0.3 is 14.2 Å². The lowest BCUT2D eigenvalue weighted by atomic mass is 9.78. The molecular weight excluding hydrogens is 274 g/mol. The molecule has 0 aliphatic carbocycles. The summed E-state index contributed by atoms with van der Waals surface area (Å²) >= 11 is 0. The normalized spacial score (nSPS) is 25.4. The van der Waals surface area contributed by atoms with Crippen LogP contribution in [0.1, 0.15) is 13.8 Å². The molecule has 0 aromatic carbocycles. The van der Waals surface area contributed by atoms with Crippen molar-refractivity contribution in [3.8, 4) is 0 Å². The first-order valence-corrected chi connectivity index (χ1v) is 12.8. The molecule has 1 fully saturated rings. The Morgan fingerprint density at radius 3 is 2.26 bits per heavy atom. The molecule has 0 aromatic rings. The van der Waals surface area contributed by atoms with Crippen molar-refractivity contribution in [2.24, 2.45) is 17.8 Å². The van der Waals surface area contributed by atoms with E-state index in [1.54, 1.807) is 0 Å². The Balaban J connectivity index is 2.68. The highest BCUT2D eigenvalue weighted by Crippen LogP contribution is 2.32. The minimum Gasteiger partial charge on any atom is -0.417 e. The highest BCUT2D eigenvalue weighted by Gasteiger charge is 2.47. The molecule has 1 saturated heterocycles. The summed E-state index contributed by atoms with van der Waals surface area (Å²) in [5, 5.41) is 2.90. The Morgan fingerprint density at radius 2 is 1.89 bits per heavy atom. The topological polar surface area (TPSA) is 47.6 Å². The van der Waals surface area contributed by atoms with Crippen molar-refractivity contribution in [3.05, 3.63) is 0 Å². The first kappa shape index (κ1) is 16.9. The minimum atomic E-state index is -1.64. The quantitative estimate of drug-likeness (QED) is 0.580. The average molecular weight is 303 g/mol. The van der Waals surface area contributed by atoms with Gasteiger partial charge in [0, 0.05) is 6.61 Å². The van der Waals surface area contributed by atoms with Crippen molar-refractivity contribution in [1.29, 1.82) is 0 Å². The molecule has 0 spiro atoms. The van der Waals surface area contributed by atoms with Crippen LogP contribution >= 0.6 is 0 Å². The molecule has 0 aromatic heterocycles. The smallest absolute Gasteiger partial charge is 0.229 e. The molecule has 1 radical (unpaired) electrons. The molecule has 2 unspecified atom stereocenters. The third-order valence-corrected chi connectivity index (χ3v) is 4.98. The second kappa shape index (κ2) is 6.52. The molecule has 0 bridgehead atoms. The SMILES string of the molecule is CC(C)[C@@H](CO[Si](C)C)C1C(=O)NC1O[Si](C)(C)C. The number of nitrogens with one attached hydrogen (secondary N) is 1. The van der Waals surface area contributed by atoms with Gasteiger partial charge in [0.15, 0.2) is 8.32 Å². The molecule has 19 heavy (non-hydrogen) atoms. The zero-order valence-electron chi connectivity index (χ0n) is 13.2. The van der Waals surface area contributed by atoms with E-state index in [1.807, 2.05) is 0 Å². The zero-order valence-corrected chi connectivity index (χ0v) is 15.2. The van der Waals surface area contributed by atoms with E-state index >= 15 is 0 Å². The maximum atomic E-state index is 11.9. The second-order valence-electron chi connectivity index (χ2n) is 6.81. The van der Waals surface area contributed by atoms with Crippen LogP contribution in [-0.2, 0) is 13.6 Å². The van der Waals surface area contributed by atoms with Crippen LogP contribution in [0.2, 0.25) is 32.7 Å². The van der Waals surface area contributed by atoms with Gasteiger partial charge in [0.1, 0.15) is 6.23 Å². The Bertz CT molecular complexity index is 316. The predicted molar refractivity (Wildman–Crippen MR) is 81.6 cm³/mol. The minimum absolute atomic E-state index is 0.0481. The molecule has 1 aliphatic heterocycles. The molecular formula is C13H28NO3Si2. The van der Waals surface area contributed by atoms with Gasteiger partial charge in [0.05, 0.1) is 5.92 Å². The van der Waals surface area contributed by atoms with Crippen LogP contribution in [0.25, 0.3) is 0 Å². The van der Waals surface area contributed by atoms with E-state index in [-0.39, 0.29) is 24.0 Å². The maximum Gasteiger partial charge on any atom is 0.229 e. The highest BCUT2D eigenvalue weighted by atomic mass is 28.4. The molecule has 6 heteroatoms. The zero-order chi connectivity index (χ0) is 14.8. The summed E-state index contributed by atoms with van der Waals surface area (Å²) in [6, 6.07) is 0. The van der Waals surface area contributed by atoms with Crippen LogP contribution in [0.15, 0.2) is 0 Å².